The van der Waals surface area contributed by atoms with E-state index in [-0.39, 0.29) is 40.8 Å². The third kappa shape index (κ3) is 5.89. The van der Waals surface area contributed by atoms with Crippen molar-refractivity contribution in [1.29, 1.82) is 0 Å². The first-order chi connectivity index (χ1) is 15.5. The molecule has 33 heavy (non-hydrogen) atoms. The average Bonchev–Trinajstić information content (AvgIpc) is 2.78. The lowest BCUT2D eigenvalue weighted by Crippen LogP contribution is -2.41. The molecule has 2 aromatic rings. The minimum absolute atomic E-state index is 0.0193. The van der Waals surface area contributed by atoms with E-state index >= 15 is 0 Å². The highest BCUT2D eigenvalue weighted by Gasteiger charge is 2.28. The minimum atomic E-state index is -3.80. The molecule has 1 saturated heterocycles. The SMILES string of the molecule is COc1ccc(S(=O)(=O)N2CCOCC2)cc1C(=O)Nc1ccccc1C(=O)NC(C)(C)C. The van der Waals surface area contributed by atoms with Gasteiger partial charge in [0.2, 0.25) is 10.0 Å². The maximum Gasteiger partial charge on any atom is 0.259 e. The molecule has 2 N–H and O–H groups in total. The van der Waals surface area contributed by atoms with E-state index in [0.717, 1.165) is 0 Å². The number of hydrogen-bond acceptors (Lipinski definition) is 6. The van der Waals surface area contributed by atoms with E-state index in [1.54, 1.807) is 24.3 Å². The second-order valence-electron chi connectivity index (χ2n) is 8.58. The quantitative estimate of drug-likeness (QED) is 0.664. The molecular weight excluding hydrogens is 446 g/mol. The number of sulfonamides is 1. The molecule has 0 unspecified atom stereocenters. The number of methoxy groups -OCH3 is 1. The number of morpholine rings is 1. The molecule has 0 aromatic heterocycles. The van der Waals surface area contributed by atoms with Crippen molar-refractivity contribution in [3.8, 4) is 5.75 Å². The summed E-state index contributed by atoms with van der Waals surface area (Å²) in [5, 5.41) is 5.59. The van der Waals surface area contributed by atoms with Gasteiger partial charge in [-0.3, -0.25) is 9.59 Å². The number of anilines is 1. The fourth-order valence-corrected chi connectivity index (χ4v) is 4.78. The largest absolute Gasteiger partial charge is 0.496 e. The van der Waals surface area contributed by atoms with E-state index in [1.165, 1.54) is 29.6 Å². The van der Waals surface area contributed by atoms with Gasteiger partial charge in [0.05, 0.1) is 42.0 Å². The Morgan fingerprint density at radius 2 is 1.67 bits per heavy atom. The molecule has 1 heterocycles. The van der Waals surface area contributed by atoms with Crippen LogP contribution in [0.1, 0.15) is 41.5 Å². The van der Waals surface area contributed by atoms with E-state index in [0.29, 0.717) is 18.9 Å². The number of para-hydroxylation sites is 1. The second-order valence-corrected chi connectivity index (χ2v) is 10.5. The Labute approximate surface area is 194 Å². The number of rotatable bonds is 6. The van der Waals surface area contributed by atoms with E-state index in [4.69, 9.17) is 9.47 Å². The zero-order valence-electron chi connectivity index (χ0n) is 19.2. The Morgan fingerprint density at radius 3 is 2.30 bits per heavy atom. The lowest BCUT2D eigenvalue weighted by molar-refractivity contribution is 0.0730. The van der Waals surface area contributed by atoms with Crippen LogP contribution in [-0.4, -0.2) is 63.5 Å². The summed E-state index contributed by atoms with van der Waals surface area (Å²) in [6.45, 7) is 6.69. The molecule has 9 nitrogen and oxygen atoms in total. The highest BCUT2D eigenvalue weighted by Crippen LogP contribution is 2.27. The Balaban J connectivity index is 1.92. The number of hydrogen-bond donors (Lipinski definition) is 2. The van der Waals surface area contributed by atoms with Crippen LogP contribution in [0.4, 0.5) is 5.69 Å². The van der Waals surface area contributed by atoms with Crippen LogP contribution in [0.2, 0.25) is 0 Å². The molecule has 10 heteroatoms. The zero-order valence-corrected chi connectivity index (χ0v) is 20.0. The molecule has 0 radical (unpaired) electrons. The Morgan fingerprint density at radius 1 is 1.00 bits per heavy atom. The third-order valence-electron chi connectivity index (χ3n) is 4.93. The summed E-state index contributed by atoms with van der Waals surface area (Å²) in [5.41, 5.74) is 0.169. The number of carbonyl (C=O) groups is 2. The van der Waals surface area contributed by atoms with Crippen LogP contribution in [-0.2, 0) is 14.8 Å². The second kappa shape index (κ2) is 9.90. The molecule has 0 saturated carbocycles. The number of benzene rings is 2. The number of nitrogens with zero attached hydrogens (tertiary/aromatic N) is 1. The van der Waals surface area contributed by atoms with Gasteiger partial charge in [0.25, 0.3) is 11.8 Å². The van der Waals surface area contributed by atoms with Gasteiger partial charge in [-0.1, -0.05) is 12.1 Å². The lowest BCUT2D eigenvalue weighted by atomic mass is 10.1. The minimum Gasteiger partial charge on any atom is -0.496 e. The molecule has 0 spiro atoms. The monoisotopic (exact) mass is 475 g/mol. The molecule has 2 amide bonds. The van der Waals surface area contributed by atoms with Gasteiger partial charge in [0.1, 0.15) is 5.75 Å². The van der Waals surface area contributed by atoms with Gasteiger partial charge in [-0.05, 0) is 51.1 Å². The molecule has 0 atom stereocenters. The van der Waals surface area contributed by atoms with Crippen molar-refractivity contribution < 1.29 is 27.5 Å². The maximum absolute atomic E-state index is 13.2. The van der Waals surface area contributed by atoms with Crippen LogP contribution in [0.15, 0.2) is 47.4 Å². The molecule has 1 fully saturated rings. The van der Waals surface area contributed by atoms with Gasteiger partial charge in [-0.15, -0.1) is 0 Å². The smallest absolute Gasteiger partial charge is 0.259 e. The van der Waals surface area contributed by atoms with Crippen molar-refractivity contribution in [2.75, 3.05) is 38.7 Å². The number of nitrogens with one attached hydrogen (secondary N) is 2. The van der Waals surface area contributed by atoms with E-state index in [1.807, 2.05) is 20.8 Å². The molecule has 1 aliphatic heterocycles. The Bertz CT molecular complexity index is 1140. The standard InChI is InChI=1S/C23H29N3O6S/c1-23(2,3)25-22(28)17-7-5-6-8-19(17)24-21(27)18-15-16(9-10-20(18)31-4)33(29,30)26-11-13-32-14-12-26/h5-10,15H,11-14H2,1-4H3,(H,24,27)(H,25,28). The number of ether oxygens (including phenoxy) is 2. The Hall–Kier alpha value is -2.95. The van der Waals surface area contributed by atoms with Crippen LogP contribution in [0.5, 0.6) is 5.75 Å². The zero-order chi connectivity index (χ0) is 24.2. The van der Waals surface area contributed by atoms with Gasteiger partial charge in [0.15, 0.2) is 0 Å². The molecule has 178 valence electrons. The van der Waals surface area contributed by atoms with Gasteiger partial charge in [0, 0.05) is 18.6 Å². The lowest BCUT2D eigenvalue weighted by Gasteiger charge is -2.26. The van der Waals surface area contributed by atoms with E-state index < -0.39 is 21.5 Å². The van der Waals surface area contributed by atoms with Crippen molar-refractivity contribution in [2.45, 2.75) is 31.2 Å². The van der Waals surface area contributed by atoms with Crippen LogP contribution >= 0.6 is 0 Å². The van der Waals surface area contributed by atoms with Crippen molar-refractivity contribution in [3.05, 3.63) is 53.6 Å². The van der Waals surface area contributed by atoms with Crippen LogP contribution < -0.4 is 15.4 Å². The van der Waals surface area contributed by atoms with Crippen LogP contribution in [0.25, 0.3) is 0 Å². The molecule has 0 aliphatic carbocycles. The maximum atomic E-state index is 13.2. The summed E-state index contributed by atoms with van der Waals surface area (Å²) < 4.78 is 37.9. The highest BCUT2D eigenvalue weighted by atomic mass is 32.2. The van der Waals surface area contributed by atoms with Crippen LogP contribution in [0.3, 0.4) is 0 Å². The van der Waals surface area contributed by atoms with E-state index in [2.05, 4.69) is 10.6 Å². The summed E-state index contributed by atoms with van der Waals surface area (Å²) in [6, 6.07) is 10.7. The van der Waals surface area contributed by atoms with Crippen molar-refractivity contribution >= 4 is 27.5 Å². The van der Waals surface area contributed by atoms with E-state index in [9.17, 15) is 18.0 Å². The summed E-state index contributed by atoms with van der Waals surface area (Å²) in [6.07, 6.45) is 0. The molecular formula is C23H29N3O6S. The summed E-state index contributed by atoms with van der Waals surface area (Å²) in [4.78, 5) is 25.8. The summed E-state index contributed by atoms with van der Waals surface area (Å²) in [7, 11) is -2.41. The van der Waals surface area contributed by atoms with Gasteiger partial charge in [-0.2, -0.15) is 4.31 Å². The fourth-order valence-electron chi connectivity index (χ4n) is 3.35. The average molecular weight is 476 g/mol. The van der Waals surface area contributed by atoms with Crippen molar-refractivity contribution in [3.63, 3.8) is 0 Å². The molecule has 2 aromatic carbocycles. The first-order valence-electron chi connectivity index (χ1n) is 10.5. The highest BCUT2D eigenvalue weighted by molar-refractivity contribution is 7.89. The number of carbonyl (C=O) groups excluding carboxylic acids is 2. The number of amides is 2. The van der Waals surface area contributed by atoms with Gasteiger partial charge in [-0.25, -0.2) is 8.42 Å². The molecule has 0 bridgehead atoms. The van der Waals surface area contributed by atoms with Crippen molar-refractivity contribution in [1.82, 2.24) is 9.62 Å². The molecule has 3 rings (SSSR count). The summed E-state index contributed by atoms with van der Waals surface area (Å²) >= 11 is 0. The Kier molecular flexibility index (Phi) is 7.41. The molecule has 1 aliphatic rings. The van der Waals surface area contributed by atoms with Crippen molar-refractivity contribution in [2.24, 2.45) is 0 Å². The third-order valence-corrected chi connectivity index (χ3v) is 6.83. The van der Waals surface area contributed by atoms with Crippen LogP contribution in [0, 0.1) is 0 Å². The summed E-state index contributed by atoms with van der Waals surface area (Å²) in [5.74, 6) is -0.721. The topological polar surface area (TPSA) is 114 Å². The van der Waals surface area contributed by atoms with Gasteiger partial charge < -0.3 is 20.1 Å². The fraction of sp³-hybridized carbons (Fsp3) is 0.391. The predicted molar refractivity (Wildman–Crippen MR) is 124 cm³/mol. The first kappa shape index (κ1) is 24.7. The predicted octanol–water partition coefficient (Wildman–Crippen LogP) is 2.50. The first-order valence-corrected chi connectivity index (χ1v) is 12.0. The van der Waals surface area contributed by atoms with Gasteiger partial charge >= 0.3 is 0 Å². The normalized spacial score (nSPS) is 15.0.